The lowest BCUT2D eigenvalue weighted by molar-refractivity contribution is 0.0401. The number of amides is 1. The van der Waals surface area contributed by atoms with Crippen LogP contribution in [0, 0.1) is 0 Å². The SMILES string of the molecule is CN1CCN(C(=O)c2cc(C3CC3)on2)[C@H]2CS(=O)(=O)C[C@H]21. The summed E-state index contributed by atoms with van der Waals surface area (Å²) in [7, 11) is -1.17. The number of nitrogens with zero attached hydrogens (tertiary/aromatic N) is 3. The maximum Gasteiger partial charge on any atom is 0.276 e. The minimum atomic E-state index is -3.09. The molecule has 8 heteroatoms. The zero-order chi connectivity index (χ0) is 15.5. The van der Waals surface area contributed by atoms with Crippen molar-refractivity contribution in [2.24, 2.45) is 0 Å². The Labute approximate surface area is 129 Å². The van der Waals surface area contributed by atoms with Crippen molar-refractivity contribution in [2.75, 3.05) is 31.6 Å². The van der Waals surface area contributed by atoms with Crippen LogP contribution in [0.3, 0.4) is 0 Å². The summed E-state index contributed by atoms with van der Waals surface area (Å²) in [6.07, 6.45) is 2.17. The zero-order valence-electron chi connectivity index (χ0n) is 12.4. The number of hydrogen-bond acceptors (Lipinski definition) is 6. The van der Waals surface area contributed by atoms with Gasteiger partial charge in [0, 0.05) is 31.1 Å². The number of carbonyl (C=O) groups is 1. The molecule has 0 spiro atoms. The molecule has 0 aromatic carbocycles. The molecular formula is C14H19N3O4S. The van der Waals surface area contributed by atoms with E-state index in [2.05, 4.69) is 5.16 Å². The molecule has 2 atom stereocenters. The van der Waals surface area contributed by atoms with Crippen molar-refractivity contribution in [3.63, 3.8) is 0 Å². The van der Waals surface area contributed by atoms with Crippen molar-refractivity contribution >= 4 is 15.7 Å². The van der Waals surface area contributed by atoms with Crippen molar-refractivity contribution in [1.82, 2.24) is 15.0 Å². The van der Waals surface area contributed by atoms with Gasteiger partial charge >= 0.3 is 0 Å². The fourth-order valence-corrected chi connectivity index (χ4v) is 5.53. The Bertz CT molecular complexity index is 709. The third kappa shape index (κ3) is 2.34. The van der Waals surface area contributed by atoms with Gasteiger partial charge in [0.1, 0.15) is 5.76 Å². The first-order chi connectivity index (χ1) is 10.4. The van der Waals surface area contributed by atoms with Crippen LogP contribution < -0.4 is 0 Å². The first-order valence-corrected chi connectivity index (χ1v) is 9.45. The number of fused-ring (bicyclic) bond motifs is 1. The van der Waals surface area contributed by atoms with E-state index in [1.165, 1.54) is 0 Å². The molecule has 1 saturated carbocycles. The van der Waals surface area contributed by atoms with E-state index in [4.69, 9.17) is 4.52 Å². The molecular weight excluding hydrogens is 306 g/mol. The van der Waals surface area contributed by atoms with Gasteiger partial charge in [-0.2, -0.15) is 0 Å². The van der Waals surface area contributed by atoms with Crippen molar-refractivity contribution in [3.8, 4) is 0 Å². The molecule has 3 fully saturated rings. The first kappa shape index (κ1) is 14.2. The van der Waals surface area contributed by atoms with Crippen LogP contribution in [0.1, 0.15) is 35.0 Å². The maximum atomic E-state index is 12.7. The minimum absolute atomic E-state index is 0.0427. The van der Waals surface area contributed by atoms with E-state index in [9.17, 15) is 13.2 Å². The third-order valence-electron chi connectivity index (χ3n) is 4.94. The fraction of sp³-hybridized carbons (Fsp3) is 0.714. The topological polar surface area (TPSA) is 83.7 Å². The molecule has 120 valence electrons. The van der Waals surface area contributed by atoms with Crippen molar-refractivity contribution in [3.05, 3.63) is 17.5 Å². The van der Waals surface area contributed by atoms with Crippen LogP contribution in [-0.2, 0) is 9.84 Å². The number of hydrogen-bond donors (Lipinski definition) is 0. The number of aromatic nitrogens is 1. The number of rotatable bonds is 2. The summed E-state index contributed by atoms with van der Waals surface area (Å²) in [6.45, 7) is 1.20. The minimum Gasteiger partial charge on any atom is -0.360 e. The predicted octanol–water partition coefficient (Wildman–Crippen LogP) is 0.105. The van der Waals surface area contributed by atoms with Crippen LogP contribution in [0.2, 0.25) is 0 Å². The van der Waals surface area contributed by atoms with Crippen molar-refractivity contribution in [1.29, 1.82) is 0 Å². The Morgan fingerprint density at radius 3 is 2.73 bits per heavy atom. The van der Waals surface area contributed by atoms with E-state index >= 15 is 0 Å². The quantitative estimate of drug-likeness (QED) is 0.767. The van der Waals surface area contributed by atoms with Crippen LogP contribution in [0.15, 0.2) is 10.6 Å². The van der Waals surface area contributed by atoms with Gasteiger partial charge in [0.25, 0.3) is 5.91 Å². The van der Waals surface area contributed by atoms with Crippen LogP contribution in [0.5, 0.6) is 0 Å². The second-order valence-electron chi connectivity index (χ2n) is 6.58. The summed E-state index contributed by atoms with van der Waals surface area (Å²) < 4.78 is 29.1. The monoisotopic (exact) mass is 325 g/mol. The van der Waals surface area contributed by atoms with Crippen LogP contribution in [0.25, 0.3) is 0 Å². The van der Waals surface area contributed by atoms with E-state index in [1.807, 2.05) is 11.9 Å². The smallest absolute Gasteiger partial charge is 0.276 e. The van der Waals surface area contributed by atoms with Crippen LogP contribution >= 0.6 is 0 Å². The largest absolute Gasteiger partial charge is 0.360 e. The number of sulfone groups is 1. The van der Waals surface area contributed by atoms with Gasteiger partial charge < -0.3 is 9.42 Å². The average molecular weight is 325 g/mol. The highest BCUT2D eigenvalue weighted by atomic mass is 32.2. The summed E-state index contributed by atoms with van der Waals surface area (Å²) in [5.74, 6) is 1.13. The molecule has 0 N–H and O–H groups in total. The van der Waals surface area contributed by atoms with E-state index in [0.29, 0.717) is 24.7 Å². The van der Waals surface area contributed by atoms with Gasteiger partial charge in [-0.3, -0.25) is 9.69 Å². The van der Waals surface area contributed by atoms with Gasteiger partial charge in [0.2, 0.25) is 0 Å². The zero-order valence-corrected chi connectivity index (χ0v) is 13.3. The molecule has 0 radical (unpaired) electrons. The predicted molar refractivity (Wildman–Crippen MR) is 78.4 cm³/mol. The summed E-state index contributed by atoms with van der Waals surface area (Å²) in [5, 5.41) is 3.89. The molecule has 1 aliphatic carbocycles. The lowest BCUT2D eigenvalue weighted by atomic mass is 10.0. The lowest BCUT2D eigenvalue weighted by Gasteiger charge is -2.41. The average Bonchev–Trinajstić information content (AvgIpc) is 3.09. The molecule has 0 bridgehead atoms. The van der Waals surface area contributed by atoms with Crippen LogP contribution in [-0.4, -0.2) is 73.0 Å². The summed E-state index contributed by atoms with van der Waals surface area (Å²) in [5.41, 5.74) is 0.300. The number of piperazine rings is 1. The highest BCUT2D eigenvalue weighted by Crippen LogP contribution is 2.40. The standard InChI is InChI=1S/C14H19N3O4S/c1-16-4-5-17(12-8-22(19,20)7-11(12)16)14(18)10-6-13(21-15-10)9-2-3-9/h6,9,11-12H,2-5,7-8H2,1H3/t11-,12+/m1/s1. The normalized spacial score (nSPS) is 31.2. The summed E-state index contributed by atoms with van der Waals surface area (Å²) >= 11 is 0. The molecule has 2 aliphatic heterocycles. The lowest BCUT2D eigenvalue weighted by Crippen LogP contribution is -2.59. The molecule has 1 aromatic heterocycles. The fourth-order valence-electron chi connectivity index (χ4n) is 3.48. The van der Waals surface area contributed by atoms with Crippen LogP contribution in [0.4, 0.5) is 0 Å². The van der Waals surface area contributed by atoms with E-state index in [-0.39, 0.29) is 29.5 Å². The summed E-state index contributed by atoms with van der Waals surface area (Å²) in [4.78, 5) is 16.4. The van der Waals surface area contributed by atoms with E-state index in [0.717, 1.165) is 18.6 Å². The van der Waals surface area contributed by atoms with Gasteiger partial charge in [0.15, 0.2) is 15.5 Å². The Balaban J connectivity index is 1.59. The van der Waals surface area contributed by atoms with Crippen molar-refractivity contribution < 1.29 is 17.7 Å². The molecule has 3 heterocycles. The van der Waals surface area contributed by atoms with E-state index < -0.39 is 9.84 Å². The first-order valence-electron chi connectivity index (χ1n) is 7.63. The Morgan fingerprint density at radius 2 is 2.00 bits per heavy atom. The highest BCUT2D eigenvalue weighted by molar-refractivity contribution is 7.91. The van der Waals surface area contributed by atoms with Gasteiger partial charge in [0.05, 0.1) is 17.5 Å². The van der Waals surface area contributed by atoms with E-state index in [1.54, 1.807) is 11.0 Å². The second-order valence-corrected chi connectivity index (χ2v) is 8.73. The summed E-state index contributed by atoms with van der Waals surface area (Å²) in [6, 6.07) is 1.33. The molecule has 2 saturated heterocycles. The van der Waals surface area contributed by atoms with Gasteiger partial charge in [-0.15, -0.1) is 0 Å². The van der Waals surface area contributed by atoms with Gasteiger partial charge in [-0.1, -0.05) is 5.16 Å². The van der Waals surface area contributed by atoms with Crippen molar-refractivity contribution in [2.45, 2.75) is 30.8 Å². The molecule has 22 heavy (non-hydrogen) atoms. The molecule has 4 rings (SSSR count). The second kappa shape index (κ2) is 4.79. The Hall–Kier alpha value is -1.41. The molecule has 7 nitrogen and oxygen atoms in total. The highest BCUT2D eigenvalue weighted by Gasteiger charge is 2.47. The van der Waals surface area contributed by atoms with Gasteiger partial charge in [-0.05, 0) is 19.9 Å². The molecule has 0 unspecified atom stereocenters. The Morgan fingerprint density at radius 1 is 1.27 bits per heavy atom. The Kier molecular flexibility index (Phi) is 3.09. The van der Waals surface area contributed by atoms with Gasteiger partial charge in [-0.25, -0.2) is 8.42 Å². The molecule has 1 amide bonds. The maximum absolute atomic E-state index is 12.7. The molecule has 1 aromatic rings. The number of carbonyl (C=O) groups excluding carboxylic acids is 1. The number of likely N-dealkylation sites (N-methyl/N-ethyl adjacent to an activating group) is 1. The third-order valence-corrected chi connectivity index (χ3v) is 6.64. The molecule has 3 aliphatic rings.